The van der Waals surface area contributed by atoms with E-state index in [1.807, 2.05) is 0 Å². The number of hydrogen-bond acceptors (Lipinski definition) is 0. The monoisotopic (exact) mass is 368 g/mol. The Labute approximate surface area is 118 Å². The van der Waals surface area contributed by atoms with Gasteiger partial charge < -0.3 is 0 Å². The van der Waals surface area contributed by atoms with E-state index in [4.69, 9.17) is 46.4 Å². The maximum absolute atomic E-state index is 6.73. The van der Waals surface area contributed by atoms with Gasteiger partial charge in [0.25, 0.3) is 0 Å². The molecule has 0 aromatic rings. The van der Waals surface area contributed by atoms with Crippen LogP contribution in [0.2, 0.25) is 12.1 Å². The Morgan fingerprint density at radius 3 is 2.40 bits per heavy atom. The molecule has 0 N–H and O–H groups in total. The van der Waals surface area contributed by atoms with E-state index in [-0.39, 0.29) is 18.4 Å². The van der Waals surface area contributed by atoms with Crippen molar-refractivity contribution in [3.8, 4) is 0 Å². The summed E-state index contributed by atoms with van der Waals surface area (Å²) in [5.74, 6) is 0. The molecule has 1 fully saturated rings. The third-order valence-corrected chi connectivity index (χ3v) is 19.1. The molecule has 6 heteroatoms. The number of hydrogen-bond donors (Lipinski definition) is 0. The molecule has 0 amide bonds. The zero-order chi connectivity index (χ0) is 11.1. The predicted octanol–water partition coefficient (Wildman–Crippen LogP) is 4.23. The van der Waals surface area contributed by atoms with Crippen molar-refractivity contribution in [1.82, 2.24) is 0 Å². The predicted molar refractivity (Wildman–Crippen MR) is 73.0 cm³/mol. The van der Waals surface area contributed by atoms with Crippen molar-refractivity contribution in [1.29, 1.82) is 0 Å². The van der Waals surface area contributed by atoms with E-state index in [1.54, 1.807) is 0 Å². The van der Waals surface area contributed by atoms with E-state index in [9.17, 15) is 0 Å². The van der Waals surface area contributed by atoms with Crippen LogP contribution in [0, 0.1) is 0 Å². The van der Waals surface area contributed by atoms with Crippen LogP contribution in [0.3, 0.4) is 0 Å². The summed E-state index contributed by atoms with van der Waals surface area (Å²) in [5, 5.41) is 0. The van der Waals surface area contributed by atoms with Crippen molar-refractivity contribution in [2.75, 3.05) is 0 Å². The first kappa shape index (κ1) is 13.1. The fourth-order valence-electron chi connectivity index (χ4n) is 2.52. The van der Waals surface area contributed by atoms with Gasteiger partial charge in [0.2, 0.25) is 0 Å². The third kappa shape index (κ3) is 1.95. The molecule has 1 atom stereocenters. The van der Waals surface area contributed by atoms with E-state index in [2.05, 4.69) is 4.97 Å². The second-order valence-electron chi connectivity index (χ2n) is 4.17. The Hall–Kier alpha value is 1.64. The van der Waals surface area contributed by atoms with Crippen molar-refractivity contribution in [2.45, 2.75) is 39.6 Å². The molecule has 0 nitrogen and oxygen atoms in total. The van der Waals surface area contributed by atoms with Gasteiger partial charge >= 0.3 is 119 Å². The van der Waals surface area contributed by atoms with Gasteiger partial charge in [-0.05, 0) is 0 Å². The van der Waals surface area contributed by atoms with Crippen LogP contribution >= 0.6 is 46.4 Å². The molecule has 2 heterocycles. The molecule has 2 aliphatic rings. The van der Waals surface area contributed by atoms with E-state index >= 15 is 0 Å². The first-order valence-corrected chi connectivity index (χ1v) is 10.9. The molecule has 1 saturated heterocycles. The average Bonchev–Trinajstić information content (AvgIpc) is 2.47. The van der Waals surface area contributed by atoms with Crippen LogP contribution in [0.4, 0.5) is 0 Å². The van der Waals surface area contributed by atoms with Gasteiger partial charge in [0.05, 0.1) is 0 Å². The summed E-state index contributed by atoms with van der Waals surface area (Å²) in [5.41, 5.74) is 0. The fourth-order valence-corrected chi connectivity index (χ4v) is 17.7. The van der Waals surface area contributed by atoms with Crippen molar-refractivity contribution in [2.24, 2.45) is 0 Å². The van der Waals surface area contributed by atoms with Crippen LogP contribution in [-0.2, 0) is 0 Å². The van der Waals surface area contributed by atoms with Gasteiger partial charge in [-0.1, -0.05) is 0 Å². The van der Waals surface area contributed by atoms with Crippen molar-refractivity contribution < 1.29 is 0 Å². The molecule has 0 aliphatic carbocycles. The summed E-state index contributed by atoms with van der Waals surface area (Å²) in [6.07, 6.45) is 3.77. The van der Waals surface area contributed by atoms with Gasteiger partial charge in [0, 0.05) is 0 Å². The molecule has 15 heavy (non-hydrogen) atoms. The van der Waals surface area contributed by atoms with Gasteiger partial charge in [0.15, 0.2) is 0 Å². The Morgan fingerprint density at radius 1 is 1.27 bits per heavy atom. The second kappa shape index (κ2) is 4.72. The quantitative estimate of drug-likeness (QED) is 0.479. The standard InChI is InChI=1S/C9H12Cl4SeSi/c10-7-6-14-9(13,8(11)12)15(7)4-2-1-3-5-15/h6,8H,1-5H2. The summed E-state index contributed by atoms with van der Waals surface area (Å²) in [7, 11) is -1.78. The zero-order valence-corrected chi connectivity index (χ0v) is 13.8. The molecule has 0 radical (unpaired) electrons. The van der Waals surface area contributed by atoms with Crippen molar-refractivity contribution in [3.05, 3.63) is 9.63 Å². The Balaban J connectivity index is 2.35. The van der Waals surface area contributed by atoms with E-state index in [1.165, 1.54) is 31.4 Å². The minimum absolute atomic E-state index is 0.156. The Morgan fingerprint density at radius 2 is 1.87 bits per heavy atom. The fraction of sp³-hybridized carbons (Fsp3) is 0.778. The summed E-state index contributed by atoms with van der Waals surface area (Å²) < 4.78 is 0.657. The molecule has 86 valence electrons. The minimum atomic E-state index is -1.78. The molecule has 0 aromatic carbocycles. The van der Waals surface area contributed by atoms with Crippen LogP contribution < -0.4 is 0 Å². The van der Waals surface area contributed by atoms with Crippen LogP contribution in [0.1, 0.15) is 19.3 Å². The second-order valence-corrected chi connectivity index (χ2v) is 15.1. The number of halogens is 4. The summed E-state index contributed by atoms with van der Waals surface area (Å²) >= 11 is 25.5. The van der Waals surface area contributed by atoms with Crippen LogP contribution in [0.15, 0.2) is 9.63 Å². The molecule has 0 saturated carbocycles. The molecule has 0 aromatic heterocycles. The van der Waals surface area contributed by atoms with E-state index < -0.39 is 12.9 Å². The molecule has 0 bridgehead atoms. The van der Waals surface area contributed by atoms with Gasteiger partial charge in [0.1, 0.15) is 0 Å². The summed E-state index contributed by atoms with van der Waals surface area (Å²) in [6.45, 7) is 0. The maximum atomic E-state index is 6.73. The number of rotatable bonds is 1. The van der Waals surface area contributed by atoms with Gasteiger partial charge in [-0.2, -0.15) is 0 Å². The van der Waals surface area contributed by atoms with Crippen molar-refractivity contribution in [3.63, 3.8) is 0 Å². The first-order chi connectivity index (χ1) is 7.03. The summed E-state index contributed by atoms with van der Waals surface area (Å²) in [6, 6.07) is 2.34. The van der Waals surface area contributed by atoms with Gasteiger partial charge in [-0.15, -0.1) is 0 Å². The Bertz CT molecular complexity index is 288. The Kier molecular flexibility index (Phi) is 4.12. The molecule has 1 unspecified atom stereocenters. The average molecular weight is 369 g/mol. The topological polar surface area (TPSA) is 0 Å². The molecule has 2 aliphatic heterocycles. The van der Waals surface area contributed by atoms with Gasteiger partial charge in [-0.3, -0.25) is 0 Å². The zero-order valence-electron chi connectivity index (χ0n) is 8.11. The van der Waals surface area contributed by atoms with Crippen molar-refractivity contribution >= 4 is 69.4 Å². The van der Waals surface area contributed by atoms with Crippen LogP contribution in [0.5, 0.6) is 0 Å². The third-order valence-electron chi connectivity index (χ3n) is 3.43. The van der Waals surface area contributed by atoms with E-state index in [0.717, 1.165) is 4.66 Å². The molecular weight excluding hydrogens is 357 g/mol. The molecular formula is C9H12Cl4SeSi. The number of alkyl halides is 3. The summed E-state index contributed by atoms with van der Waals surface area (Å²) in [4.78, 5) is 1.65. The molecule has 2 rings (SSSR count). The van der Waals surface area contributed by atoms with E-state index in [0.29, 0.717) is 0 Å². The first-order valence-electron chi connectivity index (χ1n) is 5.04. The van der Waals surface area contributed by atoms with Crippen LogP contribution in [0.25, 0.3) is 0 Å². The normalized spacial score (nSPS) is 34.9. The SMILES string of the molecule is ClC1=C[Se]C(Cl)(C(Cl)Cl)[Si]12CCCCC2. The van der Waals surface area contributed by atoms with Gasteiger partial charge in [-0.25, -0.2) is 0 Å². The van der Waals surface area contributed by atoms with Crippen LogP contribution in [-0.4, -0.2) is 31.3 Å². The molecule has 1 spiro atoms.